The maximum Gasteiger partial charge on any atom is 0.250 e. The van der Waals surface area contributed by atoms with Crippen molar-refractivity contribution in [2.75, 3.05) is 0 Å². The van der Waals surface area contributed by atoms with Crippen LogP contribution in [0.3, 0.4) is 0 Å². The zero-order chi connectivity index (χ0) is 24.1. The van der Waals surface area contributed by atoms with Crippen molar-refractivity contribution in [3.05, 3.63) is 77.4 Å². The van der Waals surface area contributed by atoms with E-state index in [4.69, 9.17) is 6.42 Å². The second kappa shape index (κ2) is 13.7. The van der Waals surface area contributed by atoms with Crippen LogP contribution in [0.4, 0.5) is 5.69 Å². The first-order chi connectivity index (χ1) is 15.3. The minimum Gasteiger partial charge on any atom is -0.300 e. The van der Waals surface area contributed by atoms with Crippen molar-refractivity contribution in [3.63, 3.8) is 0 Å². The molecule has 0 spiro atoms. The van der Waals surface area contributed by atoms with Crippen LogP contribution in [-0.4, -0.2) is 17.3 Å². The Kier molecular flexibility index (Phi) is 11.4. The van der Waals surface area contributed by atoms with Gasteiger partial charge in [0, 0.05) is 6.81 Å². The monoisotopic (exact) mass is 429 g/mol. The predicted octanol–water partition coefficient (Wildman–Crippen LogP) is 7.23. The number of carbonyl (C=O) groups excluding carboxylic acids is 2. The van der Waals surface area contributed by atoms with Crippen LogP contribution in [0.2, 0.25) is 0 Å². The van der Waals surface area contributed by atoms with Crippen LogP contribution in [0.5, 0.6) is 0 Å². The number of aryl methyl sites for hydroxylation is 3. The normalized spacial score (nSPS) is 10.2. The molecule has 0 bridgehead atoms. The number of hydrogen-bond donors (Lipinski definition) is 0. The summed E-state index contributed by atoms with van der Waals surface area (Å²) in [4.78, 5) is 27.4. The van der Waals surface area contributed by atoms with Crippen LogP contribution in [0.1, 0.15) is 52.2 Å². The van der Waals surface area contributed by atoms with Crippen LogP contribution in [-0.2, 0) is 16.0 Å². The Morgan fingerprint density at radius 2 is 1.62 bits per heavy atom. The van der Waals surface area contributed by atoms with Gasteiger partial charge in [-0.3, -0.25) is 9.59 Å². The first kappa shape index (κ1) is 26.5. The standard InChI is InChI=1S/C18H15NO2.C9H12.C2H6.H2/c1-4-17(21)16(11-13(3)20)19-15-10-6-9-14-8-5-7-12(2)18(14)15;1-3-9-6-4-5-8(2)7-9;1-2;/h1,5-10H,11H2,2-3H3;4-7H,3H2,1-2H3;1-2H3;1H. The molecule has 3 nitrogen and oxygen atoms in total. The van der Waals surface area contributed by atoms with Crippen LogP contribution in [0, 0.1) is 26.2 Å². The molecule has 0 aliphatic heterocycles. The van der Waals surface area contributed by atoms with Crippen molar-refractivity contribution in [1.82, 2.24) is 0 Å². The lowest BCUT2D eigenvalue weighted by Crippen LogP contribution is -2.15. The van der Waals surface area contributed by atoms with Crippen LogP contribution < -0.4 is 0 Å². The van der Waals surface area contributed by atoms with E-state index in [9.17, 15) is 9.59 Å². The summed E-state index contributed by atoms with van der Waals surface area (Å²) in [5.41, 5.74) is 4.61. The van der Waals surface area contributed by atoms with Gasteiger partial charge in [-0.25, -0.2) is 4.99 Å². The molecule has 168 valence electrons. The van der Waals surface area contributed by atoms with Gasteiger partial charge in [0.2, 0.25) is 5.78 Å². The third-order valence-corrected chi connectivity index (χ3v) is 4.65. The number of aliphatic imine (C=N–C) groups is 1. The average molecular weight is 430 g/mol. The Balaban J connectivity index is 0.000000717. The van der Waals surface area contributed by atoms with Gasteiger partial charge in [-0.2, -0.15) is 0 Å². The van der Waals surface area contributed by atoms with Crippen molar-refractivity contribution in [2.24, 2.45) is 4.99 Å². The van der Waals surface area contributed by atoms with E-state index in [-0.39, 0.29) is 19.3 Å². The maximum atomic E-state index is 11.8. The topological polar surface area (TPSA) is 46.5 Å². The predicted molar refractivity (Wildman–Crippen MR) is 139 cm³/mol. The molecule has 0 unspecified atom stereocenters. The molecule has 0 aliphatic rings. The van der Waals surface area contributed by atoms with Gasteiger partial charge in [-0.1, -0.05) is 80.9 Å². The van der Waals surface area contributed by atoms with Crippen LogP contribution in [0.15, 0.2) is 65.7 Å². The molecule has 3 heteroatoms. The summed E-state index contributed by atoms with van der Waals surface area (Å²) >= 11 is 0. The van der Waals surface area contributed by atoms with Gasteiger partial charge in [0.15, 0.2) is 0 Å². The lowest BCUT2D eigenvalue weighted by molar-refractivity contribution is -0.116. The molecule has 0 saturated heterocycles. The Labute approximate surface area is 194 Å². The second-order valence-corrected chi connectivity index (χ2v) is 7.20. The summed E-state index contributed by atoms with van der Waals surface area (Å²) in [6.45, 7) is 11.7. The van der Waals surface area contributed by atoms with Gasteiger partial charge in [0.05, 0.1) is 12.1 Å². The lowest BCUT2D eigenvalue weighted by Gasteiger charge is -2.07. The fraction of sp³-hybridized carbons (Fsp3) is 0.276. The smallest absolute Gasteiger partial charge is 0.250 e. The molecular weight excluding hydrogens is 394 g/mol. The molecule has 0 aliphatic carbocycles. The zero-order valence-electron chi connectivity index (χ0n) is 20.0. The van der Waals surface area contributed by atoms with Crippen molar-refractivity contribution >= 4 is 33.7 Å². The fourth-order valence-corrected chi connectivity index (χ4v) is 3.17. The molecule has 3 aromatic rings. The highest BCUT2D eigenvalue weighted by atomic mass is 16.1. The molecule has 3 rings (SSSR count). The molecule has 3 aromatic carbocycles. The zero-order valence-corrected chi connectivity index (χ0v) is 20.0. The largest absolute Gasteiger partial charge is 0.300 e. The Bertz CT molecular complexity index is 1130. The van der Waals surface area contributed by atoms with E-state index in [2.05, 4.69) is 43.1 Å². The number of fused-ring (bicyclic) bond motifs is 1. The molecule has 32 heavy (non-hydrogen) atoms. The molecule has 0 aromatic heterocycles. The fourth-order valence-electron chi connectivity index (χ4n) is 3.17. The number of rotatable bonds is 5. The maximum absolute atomic E-state index is 11.8. The van der Waals surface area contributed by atoms with Crippen LogP contribution >= 0.6 is 0 Å². The number of ketones is 2. The molecular formula is C29H35NO2. The number of hydrogen-bond acceptors (Lipinski definition) is 3. The van der Waals surface area contributed by atoms with E-state index in [1.807, 2.05) is 63.1 Å². The summed E-state index contributed by atoms with van der Waals surface area (Å²) in [7, 11) is 0. The number of Topliss-reactive ketones (excluding diaryl/α,β-unsaturated/α-hetero) is 2. The van der Waals surface area contributed by atoms with Crippen molar-refractivity contribution < 1.29 is 11.0 Å². The van der Waals surface area contributed by atoms with Crippen LogP contribution in [0.25, 0.3) is 10.8 Å². The Morgan fingerprint density at radius 3 is 2.16 bits per heavy atom. The molecule has 0 amide bonds. The van der Waals surface area contributed by atoms with E-state index in [0.717, 1.165) is 22.8 Å². The van der Waals surface area contributed by atoms with Crippen molar-refractivity contribution in [3.8, 4) is 12.3 Å². The molecule has 0 radical (unpaired) electrons. The summed E-state index contributed by atoms with van der Waals surface area (Å²) in [5.74, 6) is 1.34. The first-order valence-corrected chi connectivity index (χ1v) is 11.0. The van der Waals surface area contributed by atoms with E-state index in [1.54, 1.807) is 0 Å². The summed E-state index contributed by atoms with van der Waals surface area (Å²) in [6.07, 6.45) is 6.24. The number of terminal acetylenes is 1. The number of carbonyl (C=O) groups is 2. The van der Waals surface area contributed by atoms with E-state index in [0.29, 0.717) is 5.69 Å². The van der Waals surface area contributed by atoms with Gasteiger partial charge >= 0.3 is 0 Å². The highest BCUT2D eigenvalue weighted by Gasteiger charge is 2.13. The molecule has 0 N–H and O–H groups in total. The second-order valence-electron chi connectivity index (χ2n) is 7.20. The van der Waals surface area contributed by atoms with E-state index in [1.165, 1.54) is 18.1 Å². The summed E-state index contributed by atoms with van der Waals surface area (Å²) < 4.78 is 0. The minimum absolute atomic E-state index is 0. The van der Waals surface area contributed by atoms with Gasteiger partial charge in [-0.15, -0.1) is 6.42 Å². The van der Waals surface area contributed by atoms with Gasteiger partial charge in [-0.05, 0) is 55.7 Å². The lowest BCUT2D eigenvalue weighted by atomic mass is 10.0. The molecule has 0 heterocycles. The van der Waals surface area contributed by atoms with E-state index >= 15 is 0 Å². The third kappa shape index (κ3) is 7.96. The first-order valence-electron chi connectivity index (χ1n) is 11.0. The molecule has 0 saturated carbocycles. The summed E-state index contributed by atoms with van der Waals surface area (Å²) in [5, 5.41) is 2.00. The molecule has 0 atom stereocenters. The SMILES string of the molecule is C#CC(=O)C(CC(C)=O)=Nc1cccc2cccc(C)c12.CC.CCc1cccc(C)c1.[HH]. The minimum atomic E-state index is -0.546. The van der Waals surface area contributed by atoms with E-state index < -0.39 is 5.78 Å². The Hall–Kier alpha value is -3.51. The van der Waals surface area contributed by atoms with Crippen molar-refractivity contribution in [2.45, 2.75) is 54.4 Å². The highest BCUT2D eigenvalue weighted by Crippen LogP contribution is 2.29. The van der Waals surface area contributed by atoms with Gasteiger partial charge < -0.3 is 0 Å². The summed E-state index contributed by atoms with van der Waals surface area (Å²) in [6, 6.07) is 20.2. The van der Waals surface area contributed by atoms with Gasteiger partial charge in [0.25, 0.3) is 0 Å². The highest BCUT2D eigenvalue weighted by molar-refractivity contribution is 6.48. The van der Waals surface area contributed by atoms with Gasteiger partial charge in [0.1, 0.15) is 11.5 Å². The Morgan fingerprint density at radius 1 is 1.00 bits per heavy atom. The van der Waals surface area contributed by atoms with Crippen molar-refractivity contribution in [1.29, 1.82) is 0 Å². The number of nitrogens with zero attached hydrogens (tertiary/aromatic N) is 1. The average Bonchev–Trinajstić information content (AvgIpc) is 2.79. The molecule has 0 fully saturated rings. The quantitative estimate of drug-likeness (QED) is 0.244. The third-order valence-electron chi connectivity index (χ3n) is 4.65. The number of benzene rings is 3.